The first kappa shape index (κ1) is 23.9. The first-order valence-corrected chi connectivity index (χ1v) is 12.9. The third kappa shape index (κ3) is 5.64. The predicted molar refractivity (Wildman–Crippen MR) is 129 cm³/mol. The summed E-state index contributed by atoms with van der Waals surface area (Å²) in [6, 6.07) is 17.9. The quantitative estimate of drug-likeness (QED) is 0.391. The Labute approximate surface area is 202 Å². The van der Waals surface area contributed by atoms with E-state index in [0.29, 0.717) is 35.1 Å². The van der Waals surface area contributed by atoms with Gasteiger partial charge in [0.1, 0.15) is 11.6 Å². The second kappa shape index (κ2) is 9.55. The zero-order chi connectivity index (χ0) is 23.8. The SMILES string of the molecule is CS(=O)(=O)C(=C1CN(C(Cc2ccc(Cl)cc2)c2ccc(Cl)cc2)C1)c1cc(F)cc(F)c1. The highest BCUT2D eigenvalue weighted by molar-refractivity contribution is 8.00. The van der Waals surface area contributed by atoms with Gasteiger partial charge in [0.2, 0.25) is 0 Å². The maximum absolute atomic E-state index is 13.8. The molecule has 172 valence electrons. The normalized spacial score (nSPS) is 15.2. The van der Waals surface area contributed by atoms with Gasteiger partial charge < -0.3 is 0 Å². The van der Waals surface area contributed by atoms with Crippen LogP contribution in [0, 0.1) is 11.6 Å². The van der Waals surface area contributed by atoms with Crippen molar-refractivity contribution >= 4 is 37.9 Å². The molecular weight excluding hydrogens is 487 g/mol. The van der Waals surface area contributed by atoms with Gasteiger partial charge in [-0.1, -0.05) is 47.5 Å². The summed E-state index contributed by atoms with van der Waals surface area (Å²) in [4.78, 5) is 2.12. The van der Waals surface area contributed by atoms with E-state index < -0.39 is 21.5 Å². The average molecular weight is 508 g/mol. The number of nitrogens with zero attached hydrogens (tertiary/aromatic N) is 1. The molecule has 1 atom stereocenters. The minimum Gasteiger partial charge on any atom is -0.288 e. The topological polar surface area (TPSA) is 37.4 Å². The second-order valence-electron chi connectivity index (χ2n) is 8.17. The fourth-order valence-corrected chi connectivity index (χ4v) is 5.61. The van der Waals surface area contributed by atoms with Crippen LogP contribution in [0.3, 0.4) is 0 Å². The number of benzene rings is 3. The van der Waals surface area contributed by atoms with Crippen molar-refractivity contribution in [2.45, 2.75) is 12.5 Å². The Kier molecular flexibility index (Phi) is 6.91. The molecular formula is C25H21Cl2F2NO2S. The Morgan fingerprint density at radius 2 is 1.42 bits per heavy atom. The van der Waals surface area contributed by atoms with Gasteiger partial charge >= 0.3 is 0 Å². The molecule has 1 aliphatic heterocycles. The molecule has 3 aromatic rings. The maximum Gasteiger partial charge on any atom is 0.176 e. The summed E-state index contributed by atoms with van der Waals surface area (Å²) in [6.45, 7) is 0.725. The number of halogens is 4. The number of sulfone groups is 1. The van der Waals surface area contributed by atoms with Crippen LogP contribution in [0.15, 0.2) is 72.3 Å². The van der Waals surface area contributed by atoms with Gasteiger partial charge in [-0.3, -0.25) is 4.90 Å². The summed E-state index contributed by atoms with van der Waals surface area (Å²) in [7, 11) is -3.71. The molecule has 33 heavy (non-hydrogen) atoms. The van der Waals surface area contributed by atoms with Gasteiger partial charge in [0.05, 0.1) is 4.91 Å². The third-order valence-electron chi connectivity index (χ3n) is 5.64. The van der Waals surface area contributed by atoms with E-state index in [1.165, 1.54) is 0 Å². The molecule has 1 saturated heterocycles. The van der Waals surface area contributed by atoms with Gasteiger partial charge in [-0.15, -0.1) is 0 Å². The molecule has 8 heteroatoms. The molecule has 0 spiro atoms. The molecule has 1 unspecified atom stereocenters. The Balaban J connectivity index is 1.68. The van der Waals surface area contributed by atoms with E-state index in [4.69, 9.17) is 23.2 Å². The zero-order valence-electron chi connectivity index (χ0n) is 17.7. The molecule has 0 aromatic heterocycles. The van der Waals surface area contributed by atoms with E-state index in [-0.39, 0.29) is 16.5 Å². The Hall–Kier alpha value is -2.25. The van der Waals surface area contributed by atoms with E-state index in [2.05, 4.69) is 4.90 Å². The van der Waals surface area contributed by atoms with Gasteiger partial charge in [-0.05, 0) is 65.1 Å². The number of rotatable bonds is 6. The smallest absolute Gasteiger partial charge is 0.176 e. The van der Waals surface area contributed by atoms with E-state index in [1.807, 2.05) is 48.5 Å². The summed E-state index contributed by atoms with van der Waals surface area (Å²) < 4.78 is 52.7. The molecule has 3 nitrogen and oxygen atoms in total. The van der Waals surface area contributed by atoms with Crippen LogP contribution >= 0.6 is 23.2 Å². The van der Waals surface area contributed by atoms with Crippen molar-refractivity contribution in [1.29, 1.82) is 0 Å². The zero-order valence-corrected chi connectivity index (χ0v) is 20.1. The molecule has 0 amide bonds. The Morgan fingerprint density at radius 3 is 1.94 bits per heavy atom. The van der Waals surface area contributed by atoms with Crippen LogP contribution in [0.1, 0.15) is 22.7 Å². The highest BCUT2D eigenvalue weighted by atomic mass is 35.5. The van der Waals surface area contributed by atoms with Crippen LogP contribution < -0.4 is 0 Å². The van der Waals surface area contributed by atoms with Crippen molar-refractivity contribution in [3.8, 4) is 0 Å². The molecule has 0 N–H and O–H groups in total. The molecule has 4 rings (SSSR count). The number of likely N-dealkylation sites (tertiary alicyclic amines) is 1. The number of hydrogen-bond donors (Lipinski definition) is 0. The van der Waals surface area contributed by atoms with Crippen LogP contribution in [-0.2, 0) is 16.3 Å². The highest BCUT2D eigenvalue weighted by Gasteiger charge is 2.34. The van der Waals surface area contributed by atoms with E-state index >= 15 is 0 Å². The van der Waals surface area contributed by atoms with Gasteiger partial charge in [-0.25, -0.2) is 17.2 Å². The van der Waals surface area contributed by atoms with E-state index in [1.54, 1.807) is 0 Å². The van der Waals surface area contributed by atoms with Crippen molar-refractivity contribution < 1.29 is 17.2 Å². The fraction of sp³-hybridized carbons (Fsp3) is 0.200. The van der Waals surface area contributed by atoms with E-state index in [9.17, 15) is 17.2 Å². The molecule has 0 radical (unpaired) electrons. The summed E-state index contributed by atoms with van der Waals surface area (Å²) in [6.07, 6.45) is 1.74. The third-order valence-corrected chi connectivity index (χ3v) is 7.41. The second-order valence-corrected chi connectivity index (χ2v) is 11.0. The predicted octanol–water partition coefficient (Wildman–Crippen LogP) is 6.33. The first-order chi connectivity index (χ1) is 15.6. The van der Waals surface area contributed by atoms with Crippen molar-refractivity contribution in [3.63, 3.8) is 0 Å². The van der Waals surface area contributed by atoms with Crippen LogP contribution in [0.25, 0.3) is 4.91 Å². The molecule has 3 aromatic carbocycles. The summed E-state index contributed by atoms with van der Waals surface area (Å²) >= 11 is 12.1. The Morgan fingerprint density at radius 1 is 0.909 bits per heavy atom. The van der Waals surface area contributed by atoms with E-state index in [0.717, 1.165) is 35.6 Å². The molecule has 0 saturated carbocycles. The number of hydrogen-bond acceptors (Lipinski definition) is 3. The summed E-state index contributed by atoms with van der Waals surface area (Å²) in [5.41, 5.74) is 2.77. The standard InChI is InChI=1S/C25H21Cl2F2NO2S/c1-33(31,32)25(18-11-22(28)13-23(29)12-18)19-14-30(15-19)24(17-4-8-21(27)9-5-17)10-16-2-6-20(26)7-3-16/h2-9,11-13,24H,10,14-15H2,1H3. The Bertz CT molecular complexity index is 1280. The van der Waals surface area contributed by atoms with Crippen LogP contribution in [0.5, 0.6) is 0 Å². The molecule has 1 aliphatic rings. The van der Waals surface area contributed by atoms with Crippen molar-refractivity contribution in [1.82, 2.24) is 4.90 Å². The lowest BCUT2D eigenvalue weighted by molar-refractivity contribution is 0.174. The highest BCUT2D eigenvalue weighted by Crippen LogP contribution is 2.37. The van der Waals surface area contributed by atoms with Gasteiger partial charge in [0.15, 0.2) is 9.84 Å². The van der Waals surface area contributed by atoms with Gasteiger partial charge in [-0.2, -0.15) is 0 Å². The molecule has 1 fully saturated rings. The van der Waals surface area contributed by atoms with Gasteiger partial charge in [0, 0.05) is 41.5 Å². The fourth-order valence-electron chi connectivity index (χ4n) is 4.16. The monoisotopic (exact) mass is 507 g/mol. The van der Waals surface area contributed by atoms with Crippen molar-refractivity contribution in [3.05, 3.63) is 111 Å². The van der Waals surface area contributed by atoms with Crippen LogP contribution in [-0.4, -0.2) is 32.7 Å². The maximum atomic E-state index is 13.8. The van der Waals surface area contributed by atoms with Gasteiger partial charge in [0.25, 0.3) is 0 Å². The summed E-state index contributed by atoms with van der Waals surface area (Å²) in [5, 5.41) is 1.27. The molecule has 1 heterocycles. The lowest BCUT2D eigenvalue weighted by Crippen LogP contribution is -2.44. The van der Waals surface area contributed by atoms with Crippen LogP contribution in [0.4, 0.5) is 8.78 Å². The minimum atomic E-state index is -3.71. The van der Waals surface area contributed by atoms with Crippen LogP contribution in [0.2, 0.25) is 10.0 Å². The molecule has 0 bridgehead atoms. The summed E-state index contributed by atoms with van der Waals surface area (Å²) in [5.74, 6) is -1.63. The molecule has 0 aliphatic carbocycles. The lowest BCUT2D eigenvalue weighted by atomic mass is 9.92. The lowest BCUT2D eigenvalue weighted by Gasteiger charge is -2.42. The first-order valence-electron chi connectivity index (χ1n) is 10.2. The largest absolute Gasteiger partial charge is 0.288 e. The van der Waals surface area contributed by atoms with Crippen molar-refractivity contribution in [2.24, 2.45) is 0 Å². The minimum absolute atomic E-state index is 0.0153. The average Bonchev–Trinajstić information content (AvgIpc) is 2.69. The van der Waals surface area contributed by atoms with Crippen molar-refractivity contribution in [2.75, 3.05) is 19.3 Å².